The molecule has 2 aromatic rings. The van der Waals surface area contributed by atoms with E-state index in [9.17, 15) is 4.79 Å². The van der Waals surface area contributed by atoms with Gasteiger partial charge in [-0.05, 0) is 32.4 Å². The van der Waals surface area contributed by atoms with Gasteiger partial charge in [-0.25, -0.2) is 0 Å². The quantitative estimate of drug-likeness (QED) is 0.935. The average molecular weight is 273 g/mol. The van der Waals surface area contributed by atoms with Crippen LogP contribution in [0.1, 0.15) is 19.0 Å². The van der Waals surface area contributed by atoms with Crippen molar-refractivity contribution in [3.05, 3.63) is 40.2 Å². The van der Waals surface area contributed by atoms with E-state index >= 15 is 0 Å². The van der Waals surface area contributed by atoms with Crippen molar-refractivity contribution in [2.75, 3.05) is 13.2 Å². The molecule has 0 amide bonds. The normalized spacial score (nSPS) is 22.3. The number of aryl methyl sites for hydroxylation is 1. The molecule has 1 aliphatic heterocycles. The summed E-state index contributed by atoms with van der Waals surface area (Å²) in [5.41, 5.74) is 1.59. The number of nitrogens with one attached hydrogen (secondary N) is 1. The second-order valence-corrected chi connectivity index (χ2v) is 5.39. The Kier molecular flexibility index (Phi) is 3.49. The summed E-state index contributed by atoms with van der Waals surface area (Å²) in [5, 5.41) is 0.670. The Balaban J connectivity index is 1.89. The van der Waals surface area contributed by atoms with Gasteiger partial charge in [0.2, 0.25) is 5.43 Å². The van der Waals surface area contributed by atoms with Crippen molar-refractivity contribution in [1.29, 1.82) is 0 Å². The summed E-state index contributed by atoms with van der Waals surface area (Å²) < 4.78 is 11.3. The van der Waals surface area contributed by atoms with Crippen LogP contribution in [-0.2, 0) is 4.74 Å². The molecule has 0 bridgehead atoms. The van der Waals surface area contributed by atoms with Gasteiger partial charge in [-0.15, -0.1) is 0 Å². The molecule has 2 heterocycles. The molecule has 0 radical (unpaired) electrons. The van der Waals surface area contributed by atoms with Crippen LogP contribution in [0.25, 0.3) is 10.9 Å². The number of hydrogen-bond donors (Lipinski definition) is 1. The van der Waals surface area contributed by atoms with Crippen molar-refractivity contribution in [1.82, 2.24) is 4.98 Å². The number of ether oxygens (including phenoxy) is 2. The van der Waals surface area contributed by atoms with E-state index in [2.05, 4.69) is 11.9 Å². The zero-order chi connectivity index (χ0) is 14.1. The van der Waals surface area contributed by atoms with Gasteiger partial charge in [-0.1, -0.05) is 12.1 Å². The van der Waals surface area contributed by atoms with E-state index in [-0.39, 0.29) is 11.5 Å². The lowest BCUT2D eigenvalue weighted by molar-refractivity contribution is 0.0902. The van der Waals surface area contributed by atoms with Crippen LogP contribution in [0.2, 0.25) is 0 Å². The molecule has 4 heteroatoms. The zero-order valence-electron chi connectivity index (χ0n) is 11.8. The molecule has 1 aromatic heterocycles. The Morgan fingerprint density at radius 3 is 2.95 bits per heavy atom. The molecule has 0 aliphatic carbocycles. The topological polar surface area (TPSA) is 51.3 Å². The second-order valence-electron chi connectivity index (χ2n) is 5.39. The molecule has 4 nitrogen and oxygen atoms in total. The number of fused-ring (bicyclic) bond motifs is 1. The van der Waals surface area contributed by atoms with E-state index in [1.54, 1.807) is 0 Å². The molecular weight excluding hydrogens is 254 g/mol. The molecule has 1 N–H and O–H groups in total. The number of aromatic amines is 1. The minimum atomic E-state index is -0.0385. The third-order valence-corrected chi connectivity index (χ3v) is 4.02. The Hall–Kier alpha value is -1.81. The molecule has 1 aliphatic rings. The largest absolute Gasteiger partial charge is 0.487 e. The van der Waals surface area contributed by atoms with E-state index in [4.69, 9.17) is 9.47 Å². The predicted molar refractivity (Wildman–Crippen MR) is 78.3 cm³/mol. The summed E-state index contributed by atoms with van der Waals surface area (Å²) >= 11 is 0. The van der Waals surface area contributed by atoms with Crippen LogP contribution < -0.4 is 10.2 Å². The predicted octanol–water partition coefficient (Wildman–Crippen LogP) is 2.64. The molecule has 2 atom stereocenters. The number of benzene rings is 1. The van der Waals surface area contributed by atoms with Gasteiger partial charge in [-0.2, -0.15) is 0 Å². The summed E-state index contributed by atoms with van der Waals surface area (Å²) in [7, 11) is 0. The van der Waals surface area contributed by atoms with Crippen LogP contribution in [0, 0.1) is 12.8 Å². The third-order valence-electron chi connectivity index (χ3n) is 4.02. The SMILES string of the molecule is Cc1[nH]c2ccccc2c(=O)c1OCC1CCOC1C. The van der Waals surface area contributed by atoms with E-state index in [1.165, 1.54) is 0 Å². The highest BCUT2D eigenvalue weighted by molar-refractivity contribution is 5.80. The van der Waals surface area contributed by atoms with E-state index in [0.717, 1.165) is 24.2 Å². The fourth-order valence-electron chi connectivity index (χ4n) is 2.70. The van der Waals surface area contributed by atoms with Crippen LogP contribution in [0.5, 0.6) is 5.75 Å². The highest BCUT2D eigenvalue weighted by atomic mass is 16.5. The Bertz CT molecular complexity index is 677. The summed E-state index contributed by atoms with van der Waals surface area (Å²) in [6.07, 6.45) is 1.20. The summed E-state index contributed by atoms with van der Waals surface area (Å²) in [4.78, 5) is 15.7. The minimum absolute atomic E-state index is 0.0385. The number of pyridine rings is 1. The molecule has 106 valence electrons. The average Bonchev–Trinajstić information content (AvgIpc) is 2.84. The molecular formula is C16H19NO3. The van der Waals surface area contributed by atoms with Crippen LogP contribution in [0.3, 0.4) is 0 Å². The summed E-state index contributed by atoms with van der Waals surface area (Å²) in [5.74, 6) is 0.795. The van der Waals surface area contributed by atoms with E-state index in [1.807, 2.05) is 31.2 Å². The number of aromatic nitrogens is 1. The van der Waals surface area contributed by atoms with Crippen molar-refractivity contribution < 1.29 is 9.47 Å². The van der Waals surface area contributed by atoms with Gasteiger partial charge in [0.05, 0.1) is 18.4 Å². The van der Waals surface area contributed by atoms with Crippen molar-refractivity contribution in [3.8, 4) is 5.75 Å². The van der Waals surface area contributed by atoms with Crippen LogP contribution in [-0.4, -0.2) is 24.3 Å². The summed E-state index contributed by atoms with van der Waals surface area (Å²) in [6.45, 7) is 5.24. The molecule has 20 heavy (non-hydrogen) atoms. The monoisotopic (exact) mass is 273 g/mol. The molecule has 0 spiro atoms. The molecule has 1 saturated heterocycles. The third kappa shape index (κ3) is 2.31. The molecule has 1 fully saturated rings. The number of H-pyrrole nitrogens is 1. The first-order valence-corrected chi connectivity index (χ1v) is 7.03. The second kappa shape index (κ2) is 5.29. The zero-order valence-corrected chi connectivity index (χ0v) is 11.8. The Morgan fingerprint density at radius 2 is 2.20 bits per heavy atom. The van der Waals surface area contributed by atoms with Crippen LogP contribution >= 0.6 is 0 Å². The van der Waals surface area contributed by atoms with Gasteiger partial charge in [0, 0.05) is 23.4 Å². The number of hydrogen-bond acceptors (Lipinski definition) is 3. The fourth-order valence-corrected chi connectivity index (χ4v) is 2.70. The van der Waals surface area contributed by atoms with Gasteiger partial charge in [0.15, 0.2) is 5.75 Å². The standard InChI is InChI=1S/C16H19NO3/c1-10-16(20-9-12-7-8-19-11(12)2)15(18)13-5-3-4-6-14(13)17-10/h3-6,11-12H,7-9H2,1-2H3,(H,17,18). The van der Waals surface area contributed by atoms with Gasteiger partial charge >= 0.3 is 0 Å². The lowest BCUT2D eigenvalue weighted by atomic mass is 10.0. The van der Waals surface area contributed by atoms with E-state index < -0.39 is 0 Å². The van der Waals surface area contributed by atoms with Crippen LogP contribution in [0.4, 0.5) is 0 Å². The maximum absolute atomic E-state index is 12.5. The van der Waals surface area contributed by atoms with Gasteiger partial charge in [0.1, 0.15) is 0 Å². The first-order chi connectivity index (χ1) is 9.66. The summed E-state index contributed by atoms with van der Waals surface area (Å²) in [6, 6.07) is 7.50. The number of para-hydroxylation sites is 1. The van der Waals surface area contributed by atoms with Gasteiger partial charge < -0.3 is 14.5 Å². The molecule has 2 unspecified atom stereocenters. The van der Waals surface area contributed by atoms with Crippen molar-refractivity contribution in [2.24, 2.45) is 5.92 Å². The van der Waals surface area contributed by atoms with Crippen molar-refractivity contribution in [3.63, 3.8) is 0 Å². The fraction of sp³-hybridized carbons (Fsp3) is 0.438. The smallest absolute Gasteiger partial charge is 0.231 e. The molecule has 0 saturated carbocycles. The lowest BCUT2D eigenvalue weighted by Gasteiger charge is -2.16. The molecule has 3 rings (SSSR count). The van der Waals surface area contributed by atoms with Gasteiger partial charge in [-0.3, -0.25) is 4.79 Å². The van der Waals surface area contributed by atoms with E-state index in [0.29, 0.717) is 23.7 Å². The maximum atomic E-state index is 12.5. The van der Waals surface area contributed by atoms with Crippen molar-refractivity contribution in [2.45, 2.75) is 26.4 Å². The minimum Gasteiger partial charge on any atom is -0.487 e. The maximum Gasteiger partial charge on any atom is 0.231 e. The number of rotatable bonds is 3. The van der Waals surface area contributed by atoms with Crippen LogP contribution in [0.15, 0.2) is 29.1 Å². The highest BCUT2D eigenvalue weighted by Crippen LogP contribution is 2.22. The Labute approximate surface area is 117 Å². The first-order valence-electron chi connectivity index (χ1n) is 7.03. The Morgan fingerprint density at radius 1 is 1.40 bits per heavy atom. The first kappa shape index (κ1) is 13.2. The molecule has 1 aromatic carbocycles. The van der Waals surface area contributed by atoms with Crippen molar-refractivity contribution >= 4 is 10.9 Å². The lowest BCUT2D eigenvalue weighted by Crippen LogP contribution is -2.22. The van der Waals surface area contributed by atoms with Gasteiger partial charge in [0.25, 0.3) is 0 Å². The highest BCUT2D eigenvalue weighted by Gasteiger charge is 2.25.